The fourth-order valence-corrected chi connectivity index (χ4v) is 6.03. The van der Waals surface area contributed by atoms with Crippen LogP contribution < -0.4 is 5.56 Å². The lowest BCUT2D eigenvalue weighted by atomic mass is 10.2. The number of likely N-dealkylation sites (tertiary alicyclic amines) is 1. The molecule has 1 aliphatic rings. The predicted octanol–water partition coefficient (Wildman–Crippen LogP) is 3.40. The molecule has 3 aromatic heterocycles. The summed E-state index contributed by atoms with van der Waals surface area (Å²) in [6.45, 7) is 2.77. The largest absolute Gasteiger partial charge is 0.335 e. The van der Waals surface area contributed by atoms with Crippen LogP contribution in [0, 0.1) is 0 Å². The van der Waals surface area contributed by atoms with Gasteiger partial charge in [0.15, 0.2) is 9.84 Å². The number of nitrogens with zero attached hydrogens (tertiary/aromatic N) is 4. The second kappa shape index (κ2) is 8.56. The minimum Gasteiger partial charge on any atom is -0.335 e. The first-order chi connectivity index (χ1) is 16.3. The Morgan fingerprint density at radius 2 is 1.88 bits per heavy atom. The van der Waals surface area contributed by atoms with Gasteiger partial charge in [0.2, 0.25) is 0 Å². The van der Waals surface area contributed by atoms with E-state index in [1.807, 2.05) is 6.92 Å². The first-order valence-corrected chi connectivity index (χ1v) is 13.0. The van der Waals surface area contributed by atoms with Crippen molar-refractivity contribution in [1.82, 2.24) is 18.9 Å². The molecule has 0 aliphatic carbocycles. The minimum atomic E-state index is -3.57. The molecule has 1 aromatic carbocycles. The average molecular weight is 499 g/mol. The summed E-state index contributed by atoms with van der Waals surface area (Å²) in [6, 6.07) is 12.9. The number of hydrogen-bond acceptors (Lipinski definition) is 5. The number of fused-ring (bicyclic) bond motifs is 2. The number of benzene rings is 1. The second-order valence-corrected chi connectivity index (χ2v) is 11.1. The molecule has 4 aromatic rings. The van der Waals surface area contributed by atoms with Gasteiger partial charge in [-0.25, -0.2) is 13.4 Å². The van der Waals surface area contributed by atoms with Gasteiger partial charge in [-0.1, -0.05) is 31.0 Å². The van der Waals surface area contributed by atoms with Gasteiger partial charge in [0, 0.05) is 30.9 Å². The third kappa shape index (κ3) is 3.69. The molecule has 0 radical (unpaired) electrons. The Balaban J connectivity index is 1.47. The summed E-state index contributed by atoms with van der Waals surface area (Å²) >= 11 is 5.87. The van der Waals surface area contributed by atoms with Crippen LogP contribution in [0.4, 0.5) is 0 Å². The maximum Gasteiger partial charge on any atom is 0.270 e. The van der Waals surface area contributed by atoms with E-state index in [1.54, 1.807) is 35.0 Å². The summed E-state index contributed by atoms with van der Waals surface area (Å²) in [6.07, 6.45) is 3.37. The van der Waals surface area contributed by atoms with Crippen molar-refractivity contribution in [3.63, 3.8) is 0 Å². The molecule has 1 fully saturated rings. The normalized spacial score (nSPS) is 14.6. The smallest absolute Gasteiger partial charge is 0.270 e. The number of hydrogen-bond donors (Lipinski definition) is 0. The van der Waals surface area contributed by atoms with Gasteiger partial charge in [-0.05, 0) is 48.9 Å². The van der Waals surface area contributed by atoms with Crippen LogP contribution in [0.1, 0.15) is 30.3 Å². The lowest BCUT2D eigenvalue weighted by Crippen LogP contribution is -2.57. The van der Waals surface area contributed by atoms with Crippen LogP contribution in [-0.2, 0) is 16.4 Å². The Hall–Kier alpha value is -3.17. The van der Waals surface area contributed by atoms with Crippen LogP contribution >= 0.6 is 11.6 Å². The van der Waals surface area contributed by atoms with Gasteiger partial charge in [0.25, 0.3) is 11.5 Å². The quantitative estimate of drug-likeness (QED) is 0.406. The number of sulfone groups is 1. The first-order valence-electron chi connectivity index (χ1n) is 11.1. The van der Waals surface area contributed by atoms with Gasteiger partial charge in [-0.15, -0.1) is 0 Å². The van der Waals surface area contributed by atoms with E-state index in [9.17, 15) is 18.0 Å². The van der Waals surface area contributed by atoms with Crippen molar-refractivity contribution in [3.8, 4) is 0 Å². The highest BCUT2D eigenvalue weighted by Gasteiger charge is 2.41. The SMILES string of the molecule is CCCCn1c(C(=O)N2CC(S(=O)(=O)c3ccc(Cl)cc3)C2)cc2c(=O)n3ccccc3nc21. The minimum absolute atomic E-state index is 0.0908. The van der Waals surface area contributed by atoms with E-state index in [0.29, 0.717) is 33.9 Å². The van der Waals surface area contributed by atoms with Gasteiger partial charge in [-0.2, -0.15) is 0 Å². The number of halogens is 1. The van der Waals surface area contributed by atoms with Gasteiger partial charge >= 0.3 is 0 Å². The molecule has 176 valence electrons. The van der Waals surface area contributed by atoms with Crippen LogP contribution in [0.5, 0.6) is 0 Å². The number of carbonyl (C=O) groups is 1. The summed E-state index contributed by atoms with van der Waals surface area (Å²) in [7, 11) is -3.57. The molecular weight excluding hydrogens is 476 g/mol. The molecule has 4 heterocycles. The Bertz CT molecular complexity index is 1570. The van der Waals surface area contributed by atoms with Crippen molar-refractivity contribution in [2.24, 2.45) is 0 Å². The van der Waals surface area contributed by atoms with Gasteiger partial charge < -0.3 is 9.47 Å². The van der Waals surface area contributed by atoms with Crippen LogP contribution in [0.3, 0.4) is 0 Å². The molecule has 0 N–H and O–H groups in total. The molecule has 0 bridgehead atoms. The van der Waals surface area contributed by atoms with Crippen molar-refractivity contribution in [1.29, 1.82) is 0 Å². The fraction of sp³-hybridized carbons (Fsp3) is 0.292. The summed E-state index contributed by atoms with van der Waals surface area (Å²) in [4.78, 5) is 32.8. The van der Waals surface area contributed by atoms with Crippen molar-refractivity contribution >= 4 is 44.0 Å². The van der Waals surface area contributed by atoms with Crippen molar-refractivity contribution < 1.29 is 13.2 Å². The summed E-state index contributed by atoms with van der Waals surface area (Å²) in [5.41, 5.74) is 1.09. The molecule has 8 nitrogen and oxygen atoms in total. The Morgan fingerprint density at radius 3 is 2.59 bits per heavy atom. The van der Waals surface area contributed by atoms with E-state index >= 15 is 0 Å². The Morgan fingerprint density at radius 1 is 1.15 bits per heavy atom. The number of rotatable bonds is 6. The van der Waals surface area contributed by atoms with Gasteiger partial charge in [-0.3, -0.25) is 14.0 Å². The van der Waals surface area contributed by atoms with E-state index in [-0.39, 0.29) is 29.5 Å². The molecule has 0 atom stereocenters. The monoisotopic (exact) mass is 498 g/mol. The summed E-state index contributed by atoms with van der Waals surface area (Å²) in [5.74, 6) is -0.301. The van der Waals surface area contributed by atoms with Crippen LogP contribution in [0.15, 0.2) is 64.4 Å². The van der Waals surface area contributed by atoms with E-state index in [2.05, 4.69) is 4.98 Å². The number of aromatic nitrogens is 3. The topological polar surface area (TPSA) is 93.8 Å². The van der Waals surface area contributed by atoms with Crippen LogP contribution in [0.25, 0.3) is 16.7 Å². The molecule has 0 unspecified atom stereocenters. The number of unbranched alkanes of at least 4 members (excludes halogenated alkanes) is 1. The third-order valence-corrected chi connectivity index (χ3v) is 8.60. The van der Waals surface area contributed by atoms with E-state index in [1.165, 1.54) is 33.6 Å². The van der Waals surface area contributed by atoms with Crippen LogP contribution in [-0.4, -0.2) is 51.5 Å². The molecule has 0 spiro atoms. The maximum absolute atomic E-state index is 13.4. The Kier molecular flexibility index (Phi) is 5.69. The zero-order chi connectivity index (χ0) is 24.0. The van der Waals surface area contributed by atoms with Crippen molar-refractivity contribution in [2.75, 3.05) is 13.1 Å². The zero-order valence-corrected chi connectivity index (χ0v) is 20.1. The van der Waals surface area contributed by atoms with Crippen molar-refractivity contribution in [2.45, 2.75) is 36.5 Å². The average Bonchev–Trinajstić information content (AvgIpc) is 3.15. The predicted molar refractivity (Wildman–Crippen MR) is 130 cm³/mol. The molecule has 1 amide bonds. The number of pyridine rings is 1. The van der Waals surface area contributed by atoms with Crippen LogP contribution in [0.2, 0.25) is 5.02 Å². The second-order valence-electron chi connectivity index (χ2n) is 8.45. The number of aryl methyl sites for hydroxylation is 1. The van der Waals surface area contributed by atoms with Crippen molar-refractivity contribution in [3.05, 3.63) is 75.8 Å². The number of carbonyl (C=O) groups excluding carboxylic acids is 1. The first kappa shape index (κ1) is 22.6. The molecule has 34 heavy (non-hydrogen) atoms. The maximum atomic E-state index is 13.4. The molecular formula is C24H23ClN4O4S. The fourth-order valence-electron chi connectivity index (χ4n) is 4.25. The van der Waals surface area contributed by atoms with E-state index < -0.39 is 15.1 Å². The molecule has 1 saturated heterocycles. The molecule has 10 heteroatoms. The lowest BCUT2D eigenvalue weighted by Gasteiger charge is -2.38. The molecule has 0 saturated carbocycles. The van der Waals surface area contributed by atoms with Gasteiger partial charge in [0.05, 0.1) is 10.3 Å². The zero-order valence-electron chi connectivity index (χ0n) is 18.5. The molecule has 1 aliphatic heterocycles. The standard InChI is InChI=1S/C24H23ClN4O4S/c1-2-3-11-28-20(13-19-22(28)26-21-6-4-5-12-29(21)23(19)30)24(31)27-14-18(15-27)34(32,33)17-9-7-16(25)8-10-17/h4-10,12-13,18H,2-3,11,14-15H2,1H3. The Labute approximate surface area is 201 Å². The third-order valence-electron chi connectivity index (χ3n) is 6.25. The highest BCUT2D eigenvalue weighted by molar-refractivity contribution is 7.92. The summed E-state index contributed by atoms with van der Waals surface area (Å²) < 4.78 is 29.1. The van der Waals surface area contributed by atoms with E-state index in [4.69, 9.17) is 11.6 Å². The van der Waals surface area contributed by atoms with Gasteiger partial charge in [0.1, 0.15) is 22.2 Å². The highest BCUT2D eigenvalue weighted by atomic mass is 35.5. The lowest BCUT2D eigenvalue weighted by molar-refractivity contribution is 0.0648. The van der Waals surface area contributed by atoms with E-state index in [0.717, 1.165) is 12.8 Å². The number of amides is 1. The molecule has 5 rings (SSSR count). The summed E-state index contributed by atoms with van der Waals surface area (Å²) in [5, 5.41) is 0.146. The highest BCUT2D eigenvalue weighted by Crippen LogP contribution is 2.27.